The Balaban J connectivity index is 1.77. The van der Waals surface area contributed by atoms with Crippen LogP contribution in [0.25, 0.3) is 0 Å². The number of unbranched alkanes of at least 4 members (excludes halogenated alkanes) is 1. The van der Waals surface area contributed by atoms with Gasteiger partial charge in [-0.3, -0.25) is 4.79 Å². The molecule has 2 N–H and O–H groups in total. The minimum absolute atomic E-state index is 0.0557. The van der Waals surface area contributed by atoms with Crippen molar-refractivity contribution in [1.82, 2.24) is 0 Å². The van der Waals surface area contributed by atoms with Crippen molar-refractivity contribution in [1.29, 1.82) is 0 Å². The van der Waals surface area contributed by atoms with E-state index in [4.69, 9.17) is 14.6 Å². The summed E-state index contributed by atoms with van der Waals surface area (Å²) in [5.74, 6) is -0.0450. The van der Waals surface area contributed by atoms with E-state index < -0.39 is 5.97 Å². The molecule has 0 amide bonds. The van der Waals surface area contributed by atoms with Gasteiger partial charge in [-0.05, 0) is 31.6 Å². The Morgan fingerprint density at radius 3 is 2.87 bits per heavy atom. The number of rotatable bonds is 11. The van der Waals surface area contributed by atoms with Crippen molar-refractivity contribution in [2.45, 2.75) is 70.2 Å². The van der Waals surface area contributed by atoms with Gasteiger partial charge in [-0.1, -0.05) is 31.9 Å². The molecule has 23 heavy (non-hydrogen) atoms. The molecule has 2 saturated heterocycles. The fourth-order valence-electron chi connectivity index (χ4n) is 3.70. The Bertz CT molecular complexity index is 395. The summed E-state index contributed by atoms with van der Waals surface area (Å²) >= 11 is 0. The lowest BCUT2D eigenvalue weighted by molar-refractivity contribution is -0.138. The second-order valence-corrected chi connectivity index (χ2v) is 6.67. The van der Waals surface area contributed by atoms with E-state index in [1.807, 2.05) is 6.08 Å². The summed E-state index contributed by atoms with van der Waals surface area (Å²) in [5, 5.41) is 18.6. The summed E-state index contributed by atoms with van der Waals surface area (Å²) in [6, 6.07) is 0. The molecule has 5 atom stereocenters. The zero-order chi connectivity index (χ0) is 16.7. The van der Waals surface area contributed by atoms with E-state index >= 15 is 0 Å². The molecule has 0 aromatic carbocycles. The average Bonchev–Trinajstić information content (AvgIpc) is 3.11. The van der Waals surface area contributed by atoms with E-state index in [-0.39, 0.29) is 25.2 Å². The Labute approximate surface area is 138 Å². The first-order valence-corrected chi connectivity index (χ1v) is 8.93. The van der Waals surface area contributed by atoms with Gasteiger partial charge in [0.15, 0.2) is 0 Å². The number of aliphatic hydroxyl groups excluding tert-OH is 1. The van der Waals surface area contributed by atoms with Crippen LogP contribution in [0.2, 0.25) is 0 Å². The fraction of sp³-hybridized carbons (Fsp3) is 0.833. The van der Waals surface area contributed by atoms with Crippen LogP contribution < -0.4 is 0 Å². The van der Waals surface area contributed by atoms with Gasteiger partial charge in [0.25, 0.3) is 0 Å². The van der Waals surface area contributed by atoms with Crippen LogP contribution in [0.4, 0.5) is 0 Å². The van der Waals surface area contributed by atoms with Crippen molar-refractivity contribution >= 4 is 5.97 Å². The maximum absolute atomic E-state index is 10.5. The van der Waals surface area contributed by atoms with Crippen LogP contribution in [0, 0.1) is 11.8 Å². The number of fused-ring (bicyclic) bond motifs is 2. The van der Waals surface area contributed by atoms with Crippen molar-refractivity contribution < 1.29 is 24.5 Å². The molecule has 2 fully saturated rings. The van der Waals surface area contributed by atoms with Gasteiger partial charge in [-0.15, -0.1) is 0 Å². The van der Waals surface area contributed by atoms with E-state index in [2.05, 4.69) is 13.0 Å². The van der Waals surface area contributed by atoms with Gasteiger partial charge in [0.2, 0.25) is 0 Å². The van der Waals surface area contributed by atoms with Gasteiger partial charge in [0.1, 0.15) is 0 Å². The van der Waals surface area contributed by atoms with Gasteiger partial charge in [0.05, 0.1) is 31.3 Å². The van der Waals surface area contributed by atoms with E-state index in [1.54, 1.807) is 0 Å². The predicted molar refractivity (Wildman–Crippen MR) is 87.2 cm³/mol. The third-order valence-electron chi connectivity index (χ3n) is 4.95. The zero-order valence-electron chi connectivity index (χ0n) is 14.0. The van der Waals surface area contributed by atoms with Crippen LogP contribution in [0.1, 0.15) is 51.9 Å². The van der Waals surface area contributed by atoms with Crippen molar-refractivity contribution in [3.8, 4) is 0 Å². The third-order valence-corrected chi connectivity index (χ3v) is 4.95. The molecule has 0 saturated carbocycles. The summed E-state index contributed by atoms with van der Waals surface area (Å²) in [5.41, 5.74) is 0. The maximum atomic E-state index is 10.5. The molecule has 5 heteroatoms. The fourth-order valence-corrected chi connectivity index (χ4v) is 3.70. The lowest BCUT2D eigenvalue weighted by atomic mass is 9.77. The first-order valence-electron chi connectivity index (χ1n) is 8.93. The summed E-state index contributed by atoms with van der Waals surface area (Å²) in [4.78, 5) is 10.5. The minimum atomic E-state index is -0.824. The minimum Gasteiger partial charge on any atom is -0.481 e. The van der Waals surface area contributed by atoms with Crippen molar-refractivity contribution in [3.05, 3.63) is 12.2 Å². The Kier molecular flexibility index (Phi) is 7.53. The molecule has 2 heterocycles. The number of hydrogen-bond donors (Lipinski definition) is 2. The normalized spacial score (nSPS) is 31.0. The Hall–Kier alpha value is -0.910. The van der Waals surface area contributed by atoms with Crippen LogP contribution in [0.15, 0.2) is 12.2 Å². The molecule has 2 aliphatic heterocycles. The topological polar surface area (TPSA) is 76.0 Å². The molecule has 0 aromatic rings. The van der Waals surface area contributed by atoms with Crippen LogP contribution in [-0.2, 0) is 14.3 Å². The number of aliphatic carboxylic acids is 1. The number of aliphatic hydroxyl groups is 1. The lowest BCUT2D eigenvalue weighted by Crippen LogP contribution is -2.27. The molecule has 5 nitrogen and oxygen atoms in total. The maximum Gasteiger partial charge on any atom is 0.305 e. The smallest absolute Gasteiger partial charge is 0.305 e. The number of carboxylic acid groups (broad SMARTS) is 1. The summed E-state index contributed by atoms with van der Waals surface area (Å²) in [6.07, 6.45) is 10.4. The number of carbonyl (C=O) groups is 1. The van der Waals surface area contributed by atoms with Crippen molar-refractivity contribution in [3.63, 3.8) is 0 Å². The van der Waals surface area contributed by atoms with Gasteiger partial charge >= 0.3 is 5.97 Å². The van der Waals surface area contributed by atoms with Crippen LogP contribution in [0.5, 0.6) is 0 Å². The molecule has 0 aromatic heterocycles. The Morgan fingerprint density at radius 1 is 1.35 bits per heavy atom. The van der Waals surface area contributed by atoms with Gasteiger partial charge in [0, 0.05) is 12.5 Å². The molecule has 2 bridgehead atoms. The first-order chi connectivity index (χ1) is 11.1. The highest BCUT2D eigenvalue weighted by molar-refractivity contribution is 5.66. The van der Waals surface area contributed by atoms with Gasteiger partial charge in [-0.25, -0.2) is 0 Å². The first kappa shape index (κ1) is 18.4. The highest BCUT2D eigenvalue weighted by Gasteiger charge is 2.47. The molecule has 2 rings (SSSR count). The van der Waals surface area contributed by atoms with E-state index in [0.717, 1.165) is 38.5 Å². The largest absolute Gasteiger partial charge is 0.481 e. The molecule has 0 radical (unpaired) electrons. The van der Waals surface area contributed by atoms with E-state index in [0.29, 0.717) is 24.5 Å². The van der Waals surface area contributed by atoms with Crippen LogP contribution in [-0.4, -0.2) is 47.7 Å². The zero-order valence-corrected chi connectivity index (χ0v) is 14.0. The molecule has 0 aliphatic carbocycles. The van der Waals surface area contributed by atoms with Crippen molar-refractivity contribution in [2.24, 2.45) is 11.8 Å². The van der Waals surface area contributed by atoms with Gasteiger partial charge < -0.3 is 19.7 Å². The van der Waals surface area contributed by atoms with Crippen LogP contribution in [0.3, 0.4) is 0 Å². The molecule has 1 unspecified atom stereocenters. The van der Waals surface area contributed by atoms with Crippen molar-refractivity contribution in [2.75, 3.05) is 13.2 Å². The van der Waals surface area contributed by atoms with E-state index in [1.165, 1.54) is 0 Å². The summed E-state index contributed by atoms with van der Waals surface area (Å²) < 4.78 is 11.5. The summed E-state index contributed by atoms with van der Waals surface area (Å²) in [7, 11) is 0. The monoisotopic (exact) mass is 326 g/mol. The SMILES string of the molecule is CCCCC(O)/C=C/[C@H]1[C@@H](CCOCCC(=O)O)[C@H]2CC[C@@H]1O2. The lowest BCUT2D eigenvalue weighted by Gasteiger charge is -2.25. The summed E-state index contributed by atoms with van der Waals surface area (Å²) in [6.45, 7) is 2.97. The average molecular weight is 326 g/mol. The van der Waals surface area contributed by atoms with E-state index in [9.17, 15) is 9.90 Å². The predicted octanol–water partition coefficient (Wildman–Crippen LogP) is 2.77. The number of ether oxygens (including phenoxy) is 2. The molecular formula is C18H30O5. The molecule has 2 aliphatic rings. The standard InChI is InChI=1S/C18H30O5/c1-2-3-4-13(19)5-6-14-15(17-8-7-16(14)23-17)9-11-22-12-10-18(20)21/h5-6,13-17,19H,2-4,7-12H2,1H3,(H,20,21)/b6-5+/t13?,14-,15+,16-,17+/m0/s1. The Morgan fingerprint density at radius 2 is 2.13 bits per heavy atom. The highest BCUT2D eigenvalue weighted by atomic mass is 16.5. The second-order valence-electron chi connectivity index (χ2n) is 6.67. The number of hydrogen-bond acceptors (Lipinski definition) is 4. The molecular weight excluding hydrogens is 296 g/mol. The quantitative estimate of drug-likeness (QED) is 0.451. The highest BCUT2D eigenvalue weighted by Crippen LogP contribution is 2.45. The van der Waals surface area contributed by atoms with Crippen LogP contribution >= 0.6 is 0 Å². The third kappa shape index (κ3) is 5.59. The molecule has 0 spiro atoms. The van der Waals surface area contributed by atoms with Gasteiger partial charge in [-0.2, -0.15) is 0 Å². The molecule has 132 valence electrons. The number of carboxylic acids is 1. The second kappa shape index (κ2) is 9.40.